The summed E-state index contributed by atoms with van der Waals surface area (Å²) in [4.78, 5) is 4.31. The van der Waals surface area contributed by atoms with Gasteiger partial charge in [-0.2, -0.15) is 0 Å². The monoisotopic (exact) mass is 217 g/mol. The third-order valence-electron chi connectivity index (χ3n) is 2.83. The number of nitrogens with zero attached hydrogens (tertiary/aromatic N) is 4. The highest BCUT2D eigenvalue weighted by molar-refractivity contribution is 5.60. The Bertz CT molecular complexity index is 515. The lowest BCUT2D eigenvalue weighted by atomic mass is 10.1. The van der Waals surface area contributed by atoms with Gasteiger partial charge in [0, 0.05) is 18.9 Å². The number of aryl methyl sites for hydroxylation is 1. The molecule has 2 heterocycles. The van der Waals surface area contributed by atoms with Crippen LogP contribution < -0.4 is 5.73 Å². The van der Waals surface area contributed by atoms with Crippen molar-refractivity contribution in [1.82, 2.24) is 19.7 Å². The molecule has 0 radical (unpaired) electrons. The Labute approximate surface area is 94.3 Å². The summed E-state index contributed by atoms with van der Waals surface area (Å²) < 4.78 is 2.03. The molecule has 0 atom stereocenters. The normalized spacial score (nSPS) is 10.7. The van der Waals surface area contributed by atoms with Gasteiger partial charge in [0.1, 0.15) is 11.5 Å². The van der Waals surface area contributed by atoms with Gasteiger partial charge in [-0.15, -0.1) is 10.2 Å². The van der Waals surface area contributed by atoms with Gasteiger partial charge in [0.15, 0.2) is 5.82 Å². The second kappa shape index (κ2) is 3.92. The van der Waals surface area contributed by atoms with E-state index in [0.29, 0.717) is 5.82 Å². The van der Waals surface area contributed by atoms with Crippen LogP contribution in [0, 0.1) is 13.8 Å². The Hall–Kier alpha value is -1.91. The fourth-order valence-electron chi connectivity index (χ4n) is 1.62. The number of hydrogen-bond donors (Lipinski definition) is 1. The van der Waals surface area contributed by atoms with Crippen LogP contribution in [0.2, 0.25) is 0 Å². The van der Waals surface area contributed by atoms with E-state index in [1.54, 1.807) is 6.20 Å². The minimum Gasteiger partial charge on any atom is -0.382 e. The first kappa shape index (κ1) is 10.6. The molecule has 2 aromatic heterocycles. The molecule has 0 aliphatic carbocycles. The summed E-state index contributed by atoms with van der Waals surface area (Å²) in [5.41, 5.74) is 8.52. The number of rotatable bonds is 2. The van der Waals surface area contributed by atoms with Crippen molar-refractivity contribution in [2.45, 2.75) is 27.3 Å². The van der Waals surface area contributed by atoms with Gasteiger partial charge in [-0.3, -0.25) is 0 Å². The fraction of sp³-hybridized carbons (Fsp3) is 0.364. The standard InChI is InChI=1S/C11H15N5/c1-4-16-6-5-13-11(16)9-7(2)8(3)10(12)15-14-9/h5-6H,4H2,1-3H3,(H2,12,15). The first-order valence-corrected chi connectivity index (χ1v) is 5.26. The average Bonchev–Trinajstić information content (AvgIpc) is 2.74. The summed E-state index contributed by atoms with van der Waals surface area (Å²) >= 11 is 0. The molecule has 2 rings (SSSR count). The minimum atomic E-state index is 0.482. The zero-order valence-electron chi connectivity index (χ0n) is 9.73. The lowest BCUT2D eigenvalue weighted by Gasteiger charge is -2.09. The molecule has 5 heteroatoms. The van der Waals surface area contributed by atoms with Crippen LogP contribution in [0.1, 0.15) is 18.1 Å². The second-order valence-electron chi connectivity index (χ2n) is 3.72. The molecule has 84 valence electrons. The number of aromatic nitrogens is 4. The Kier molecular flexibility index (Phi) is 2.60. The Morgan fingerprint density at radius 2 is 2.00 bits per heavy atom. The highest BCUT2D eigenvalue weighted by Crippen LogP contribution is 2.23. The van der Waals surface area contributed by atoms with Crippen LogP contribution in [0.4, 0.5) is 5.82 Å². The number of anilines is 1. The first-order chi connectivity index (χ1) is 7.65. The van der Waals surface area contributed by atoms with Crippen molar-refractivity contribution in [3.8, 4) is 11.5 Å². The Balaban J connectivity index is 2.61. The molecule has 16 heavy (non-hydrogen) atoms. The van der Waals surface area contributed by atoms with Gasteiger partial charge in [0.05, 0.1) is 0 Å². The number of hydrogen-bond acceptors (Lipinski definition) is 4. The van der Waals surface area contributed by atoms with Gasteiger partial charge >= 0.3 is 0 Å². The topological polar surface area (TPSA) is 69.6 Å². The molecule has 5 nitrogen and oxygen atoms in total. The van der Waals surface area contributed by atoms with Crippen LogP contribution in [0.15, 0.2) is 12.4 Å². The van der Waals surface area contributed by atoms with Crippen molar-refractivity contribution in [2.24, 2.45) is 0 Å². The van der Waals surface area contributed by atoms with E-state index in [0.717, 1.165) is 29.2 Å². The number of imidazole rings is 1. The van der Waals surface area contributed by atoms with E-state index in [4.69, 9.17) is 5.73 Å². The molecule has 0 saturated heterocycles. The van der Waals surface area contributed by atoms with Crippen LogP contribution >= 0.6 is 0 Å². The maximum Gasteiger partial charge on any atom is 0.160 e. The van der Waals surface area contributed by atoms with Crippen LogP contribution in [-0.4, -0.2) is 19.7 Å². The first-order valence-electron chi connectivity index (χ1n) is 5.26. The lowest BCUT2D eigenvalue weighted by molar-refractivity contribution is 0.764. The molecule has 0 spiro atoms. The van der Waals surface area contributed by atoms with E-state index in [1.165, 1.54) is 0 Å². The van der Waals surface area contributed by atoms with Gasteiger partial charge in [0.25, 0.3) is 0 Å². The van der Waals surface area contributed by atoms with Crippen LogP contribution in [0.25, 0.3) is 11.5 Å². The van der Waals surface area contributed by atoms with E-state index in [-0.39, 0.29) is 0 Å². The maximum atomic E-state index is 5.71. The van der Waals surface area contributed by atoms with E-state index >= 15 is 0 Å². The van der Waals surface area contributed by atoms with E-state index in [2.05, 4.69) is 22.1 Å². The molecule has 0 aliphatic heterocycles. The second-order valence-corrected chi connectivity index (χ2v) is 3.72. The molecular formula is C11H15N5. The Morgan fingerprint density at radius 3 is 2.69 bits per heavy atom. The van der Waals surface area contributed by atoms with E-state index < -0.39 is 0 Å². The molecule has 0 saturated carbocycles. The predicted octanol–water partition coefficient (Wildman–Crippen LogP) is 1.56. The van der Waals surface area contributed by atoms with Gasteiger partial charge in [-0.05, 0) is 31.9 Å². The van der Waals surface area contributed by atoms with Crippen molar-refractivity contribution in [1.29, 1.82) is 0 Å². The number of nitrogens with two attached hydrogens (primary N) is 1. The summed E-state index contributed by atoms with van der Waals surface area (Å²) in [6.45, 7) is 6.87. The van der Waals surface area contributed by atoms with Crippen LogP contribution in [0.5, 0.6) is 0 Å². The molecule has 2 N–H and O–H groups in total. The zero-order chi connectivity index (χ0) is 11.7. The summed E-state index contributed by atoms with van der Waals surface area (Å²) in [7, 11) is 0. The third kappa shape index (κ3) is 1.54. The predicted molar refractivity (Wildman–Crippen MR) is 62.8 cm³/mol. The third-order valence-corrected chi connectivity index (χ3v) is 2.83. The van der Waals surface area contributed by atoms with E-state index in [9.17, 15) is 0 Å². The molecule has 0 unspecified atom stereocenters. The van der Waals surface area contributed by atoms with Crippen LogP contribution in [-0.2, 0) is 6.54 Å². The van der Waals surface area contributed by atoms with Crippen LogP contribution in [0.3, 0.4) is 0 Å². The van der Waals surface area contributed by atoms with Gasteiger partial charge < -0.3 is 10.3 Å². The van der Waals surface area contributed by atoms with E-state index in [1.807, 2.05) is 24.6 Å². The van der Waals surface area contributed by atoms with Gasteiger partial charge in [0.2, 0.25) is 0 Å². The quantitative estimate of drug-likeness (QED) is 0.828. The lowest BCUT2D eigenvalue weighted by Crippen LogP contribution is -2.05. The highest BCUT2D eigenvalue weighted by atomic mass is 15.2. The average molecular weight is 217 g/mol. The molecule has 0 amide bonds. The summed E-state index contributed by atoms with van der Waals surface area (Å²) in [5.74, 6) is 1.33. The van der Waals surface area contributed by atoms with Crippen molar-refractivity contribution in [3.63, 3.8) is 0 Å². The molecule has 0 bridgehead atoms. The summed E-state index contributed by atoms with van der Waals surface area (Å²) in [5, 5.41) is 8.08. The maximum absolute atomic E-state index is 5.71. The van der Waals surface area contributed by atoms with Crippen molar-refractivity contribution in [3.05, 3.63) is 23.5 Å². The highest BCUT2D eigenvalue weighted by Gasteiger charge is 2.13. The molecule has 0 aromatic carbocycles. The van der Waals surface area contributed by atoms with Crippen molar-refractivity contribution in [2.75, 3.05) is 5.73 Å². The number of nitrogen functional groups attached to an aromatic ring is 1. The fourth-order valence-corrected chi connectivity index (χ4v) is 1.62. The molecular weight excluding hydrogens is 202 g/mol. The largest absolute Gasteiger partial charge is 0.382 e. The summed E-state index contributed by atoms with van der Waals surface area (Å²) in [6.07, 6.45) is 3.70. The smallest absolute Gasteiger partial charge is 0.160 e. The molecule has 0 fully saturated rings. The molecule has 2 aromatic rings. The SMILES string of the molecule is CCn1ccnc1-c1nnc(N)c(C)c1C. The molecule has 0 aliphatic rings. The zero-order valence-corrected chi connectivity index (χ0v) is 9.73. The Morgan fingerprint density at radius 1 is 1.25 bits per heavy atom. The van der Waals surface area contributed by atoms with Crippen molar-refractivity contribution < 1.29 is 0 Å². The summed E-state index contributed by atoms with van der Waals surface area (Å²) in [6, 6.07) is 0. The van der Waals surface area contributed by atoms with Crippen molar-refractivity contribution >= 4 is 5.82 Å². The van der Waals surface area contributed by atoms with Gasteiger partial charge in [-0.1, -0.05) is 0 Å². The minimum absolute atomic E-state index is 0.482. The van der Waals surface area contributed by atoms with Gasteiger partial charge in [-0.25, -0.2) is 4.98 Å².